The fraction of sp³-hybridized carbons (Fsp3) is 0.250. The molecule has 0 aliphatic carbocycles. The van der Waals surface area contributed by atoms with Gasteiger partial charge in [0.05, 0.1) is 0 Å². The molecule has 0 radical (unpaired) electrons. The Bertz CT molecular complexity index is 705. The first-order chi connectivity index (χ1) is 10.0. The van der Waals surface area contributed by atoms with E-state index in [1.165, 1.54) is 13.1 Å². The molecule has 1 unspecified atom stereocenters. The van der Waals surface area contributed by atoms with Crippen molar-refractivity contribution in [3.63, 3.8) is 0 Å². The number of hydrogen-bond acceptors (Lipinski definition) is 3. The minimum atomic E-state index is -1.06. The first-order valence-corrected chi connectivity index (χ1v) is 6.62. The second kappa shape index (κ2) is 6.26. The normalized spacial score (nSPS) is 11.9. The molecule has 0 fully saturated rings. The number of carboxylic acids is 1. The smallest absolute Gasteiger partial charge is 0.326 e. The molecule has 1 atom stereocenters. The Hall–Kier alpha value is -2.56. The molecular formula is C16H17NO4. The van der Waals surface area contributed by atoms with E-state index in [-0.39, 0.29) is 12.4 Å². The molecule has 0 saturated heterocycles. The van der Waals surface area contributed by atoms with Gasteiger partial charge in [-0.2, -0.15) is 0 Å². The Balaban J connectivity index is 2.22. The van der Waals surface area contributed by atoms with E-state index in [1.54, 1.807) is 12.1 Å². The van der Waals surface area contributed by atoms with Crippen LogP contribution in [0.25, 0.3) is 0 Å². The van der Waals surface area contributed by atoms with Crippen molar-refractivity contribution >= 4 is 5.97 Å². The van der Waals surface area contributed by atoms with Crippen LogP contribution in [0.4, 0.5) is 0 Å². The zero-order chi connectivity index (χ0) is 15.4. The molecule has 1 heterocycles. The van der Waals surface area contributed by atoms with Crippen LogP contribution in [-0.4, -0.2) is 15.6 Å². The summed E-state index contributed by atoms with van der Waals surface area (Å²) in [5.41, 5.74) is 1.62. The number of aromatic nitrogens is 1. The van der Waals surface area contributed by atoms with Crippen molar-refractivity contribution in [1.29, 1.82) is 0 Å². The van der Waals surface area contributed by atoms with Gasteiger partial charge in [0.15, 0.2) is 5.75 Å². The molecule has 1 aromatic carbocycles. The summed E-state index contributed by atoms with van der Waals surface area (Å²) in [5, 5.41) is 8.99. The van der Waals surface area contributed by atoms with Crippen LogP contribution in [-0.2, 0) is 11.4 Å². The number of carboxylic acid groups (broad SMARTS) is 1. The highest BCUT2D eigenvalue weighted by Crippen LogP contribution is 2.12. The lowest BCUT2D eigenvalue weighted by atomic mass is 10.1. The van der Waals surface area contributed by atoms with E-state index in [0.29, 0.717) is 0 Å². The number of hydrogen-bond donors (Lipinski definition) is 1. The molecule has 5 heteroatoms. The van der Waals surface area contributed by atoms with Crippen molar-refractivity contribution in [3.05, 3.63) is 64.1 Å². The molecule has 0 bridgehead atoms. The Morgan fingerprint density at radius 2 is 2.00 bits per heavy atom. The molecule has 110 valence electrons. The van der Waals surface area contributed by atoms with Gasteiger partial charge < -0.3 is 9.84 Å². The summed E-state index contributed by atoms with van der Waals surface area (Å²) in [6.07, 6.45) is 1.45. The lowest BCUT2D eigenvalue weighted by molar-refractivity contribution is -0.140. The summed E-state index contributed by atoms with van der Waals surface area (Å²) in [7, 11) is 0. The number of benzene rings is 1. The monoisotopic (exact) mass is 287 g/mol. The highest BCUT2D eigenvalue weighted by atomic mass is 16.5. The largest absolute Gasteiger partial charge is 0.483 e. The van der Waals surface area contributed by atoms with Gasteiger partial charge in [0.1, 0.15) is 12.6 Å². The summed E-state index contributed by atoms with van der Waals surface area (Å²) >= 11 is 0. The SMILES string of the molecule is Cc1ccccc1COc1cccn(C(C)C(=O)O)c1=O. The third-order valence-electron chi connectivity index (χ3n) is 3.36. The molecule has 1 aromatic heterocycles. The zero-order valence-corrected chi connectivity index (χ0v) is 11.9. The van der Waals surface area contributed by atoms with Gasteiger partial charge in [0.25, 0.3) is 5.56 Å². The summed E-state index contributed by atoms with van der Waals surface area (Å²) in [5.74, 6) is -0.915. The van der Waals surface area contributed by atoms with Crippen LogP contribution < -0.4 is 10.3 Å². The molecular weight excluding hydrogens is 270 g/mol. The van der Waals surface area contributed by atoms with Gasteiger partial charge in [0.2, 0.25) is 0 Å². The third kappa shape index (κ3) is 3.31. The van der Waals surface area contributed by atoms with Crippen LogP contribution in [0.2, 0.25) is 0 Å². The molecule has 0 saturated carbocycles. The minimum Gasteiger partial charge on any atom is -0.483 e. The lowest BCUT2D eigenvalue weighted by Gasteiger charge is -2.13. The summed E-state index contributed by atoms with van der Waals surface area (Å²) < 4.78 is 6.70. The van der Waals surface area contributed by atoms with E-state index in [2.05, 4.69) is 0 Å². The number of ether oxygens (including phenoxy) is 1. The predicted octanol–water partition coefficient (Wildman–Crippen LogP) is 2.38. The number of aryl methyl sites for hydroxylation is 1. The molecule has 0 aliphatic heterocycles. The van der Waals surface area contributed by atoms with Gasteiger partial charge in [0, 0.05) is 6.20 Å². The van der Waals surface area contributed by atoms with Gasteiger partial charge in [-0.05, 0) is 37.1 Å². The first-order valence-electron chi connectivity index (χ1n) is 6.62. The van der Waals surface area contributed by atoms with Crippen LogP contribution in [0.1, 0.15) is 24.1 Å². The number of pyridine rings is 1. The van der Waals surface area contributed by atoms with Crippen LogP contribution in [0, 0.1) is 6.92 Å². The van der Waals surface area contributed by atoms with Crippen molar-refractivity contribution in [3.8, 4) is 5.75 Å². The van der Waals surface area contributed by atoms with Gasteiger partial charge in [-0.25, -0.2) is 4.79 Å². The quantitative estimate of drug-likeness (QED) is 0.916. The number of nitrogens with zero attached hydrogens (tertiary/aromatic N) is 1. The van der Waals surface area contributed by atoms with Crippen molar-refractivity contribution in [1.82, 2.24) is 4.57 Å². The van der Waals surface area contributed by atoms with E-state index < -0.39 is 17.6 Å². The number of carbonyl (C=O) groups is 1. The number of rotatable bonds is 5. The molecule has 0 amide bonds. The van der Waals surface area contributed by atoms with E-state index in [9.17, 15) is 9.59 Å². The van der Waals surface area contributed by atoms with Crippen molar-refractivity contribution in [2.24, 2.45) is 0 Å². The van der Waals surface area contributed by atoms with Crippen molar-refractivity contribution < 1.29 is 14.6 Å². The van der Waals surface area contributed by atoms with E-state index >= 15 is 0 Å². The van der Waals surface area contributed by atoms with Crippen LogP contribution in [0.5, 0.6) is 5.75 Å². The molecule has 5 nitrogen and oxygen atoms in total. The fourth-order valence-electron chi connectivity index (χ4n) is 1.95. The Labute approximate surface area is 122 Å². The van der Waals surface area contributed by atoms with Gasteiger partial charge in [-0.15, -0.1) is 0 Å². The zero-order valence-electron chi connectivity index (χ0n) is 11.9. The molecule has 1 N–H and O–H groups in total. The minimum absolute atomic E-state index is 0.147. The second-order valence-electron chi connectivity index (χ2n) is 4.81. The number of aliphatic carboxylic acids is 1. The van der Waals surface area contributed by atoms with E-state index in [1.807, 2.05) is 31.2 Å². The highest BCUT2D eigenvalue weighted by Gasteiger charge is 2.16. The molecule has 2 rings (SSSR count). The van der Waals surface area contributed by atoms with Gasteiger partial charge in [-0.1, -0.05) is 24.3 Å². The summed E-state index contributed by atoms with van der Waals surface area (Å²) in [6, 6.07) is 9.95. The summed E-state index contributed by atoms with van der Waals surface area (Å²) in [4.78, 5) is 23.2. The predicted molar refractivity (Wildman–Crippen MR) is 78.6 cm³/mol. The van der Waals surface area contributed by atoms with Crippen molar-refractivity contribution in [2.75, 3.05) is 0 Å². The Morgan fingerprint density at radius 1 is 1.29 bits per heavy atom. The maximum atomic E-state index is 12.2. The Kier molecular flexibility index (Phi) is 4.42. The molecule has 21 heavy (non-hydrogen) atoms. The van der Waals surface area contributed by atoms with Crippen LogP contribution >= 0.6 is 0 Å². The average molecular weight is 287 g/mol. The Morgan fingerprint density at radius 3 is 2.67 bits per heavy atom. The highest BCUT2D eigenvalue weighted by molar-refractivity contribution is 5.71. The fourth-order valence-corrected chi connectivity index (χ4v) is 1.95. The van der Waals surface area contributed by atoms with Gasteiger partial charge in [-0.3, -0.25) is 9.36 Å². The topological polar surface area (TPSA) is 68.5 Å². The molecule has 0 spiro atoms. The van der Waals surface area contributed by atoms with Gasteiger partial charge >= 0.3 is 5.97 Å². The van der Waals surface area contributed by atoms with E-state index in [4.69, 9.17) is 9.84 Å². The third-order valence-corrected chi connectivity index (χ3v) is 3.36. The second-order valence-corrected chi connectivity index (χ2v) is 4.81. The molecule has 0 aliphatic rings. The molecule has 2 aromatic rings. The first kappa shape index (κ1) is 14.8. The average Bonchev–Trinajstić information content (AvgIpc) is 2.47. The lowest BCUT2D eigenvalue weighted by Crippen LogP contribution is -2.28. The van der Waals surface area contributed by atoms with E-state index in [0.717, 1.165) is 15.7 Å². The maximum absolute atomic E-state index is 12.2. The standard InChI is InChI=1S/C16H17NO4/c1-11-6-3-4-7-13(11)10-21-14-8-5-9-17(15(14)18)12(2)16(19)20/h3-9,12H,10H2,1-2H3,(H,19,20). The van der Waals surface area contributed by atoms with Crippen LogP contribution in [0.3, 0.4) is 0 Å². The van der Waals surface area contributed by atoms with Crippen molar-refractivity contribution in [2.45, 2.75) is 26.5 Å². The summed E-state index contributed by atoms with van der Waals surface area (Å²) in [6.45, 7) is 3.69. The van der Waals surface area contributed by atoms with Crippen LogP contribution in [0.15, 0.2) is 47.4 Å². The maximum Gasteiger partial charge on any atom is 0.326 e.